The summed E-state index contributed by atoms with van der Waals surface area (Å²) in [7, 11) is 1.87. The van der Waals surface area contributed by atoms with E-state index < -0.39 is 5.82 Å². The van der Waals surface area contributed by atoms with E-state index in [0.717, 1.165) is 36.9 Å². The summed E-state index contributed by atoms with van der Waals surface area (Å²) in [4.78, 5) is 7.71. The Morgan fingerprint density at radius 1 is 1.08 bits per heavy atom. The highest BCUT2D eigenvalue weighted by Crippen LogP contribution is 2.40. The Hall–Kier alpha value is -4.32. The van der Waals surface area contributed by atoms with Crippen molar-refractivity contribution in [1.82, 2.24) is 19.3 Å². The fourth-order valence-electron chi connectivity index (χ4n) is 4.52. The molecule has 184 valence electrons. The molecule has 2 N–H and O–H groups in total. The summed E-state index contributed by atoms with van der Waals surface area (Å²) in [5.74, 6) is 1.15. The molecule has 4 aromatic rings. The number of rotatable bonds is 7. The number of nitrogens with zero attached hydrogens (tertiary/aromatic N) is 5. The van der Waals surface area contributed by atoms with Gasteiger partial charge in [-0.05, 0) is 30.5 Å². The average Bonchev–Trinajstić information content (AvgIpc) is 3.45. The van der Waals surface area contributed by atoms with Crippen LogP contribution < -0.4 is 15.2 Å². The molecule has 1 aliphatic rings. The minimum Gasteiger partial charge on any atom is -0.487 e. The van der Waals surface area contributed by atoms with E-state index >= 15 is 0 Å². The van der Waals surface area contributed by atoms with Gasteiger partial charge < -0.3 is 19.8 Å². The molecule has 1 aliphatic carbocycles. The molecule has 1 saturated carbocycles. The van der Waals surface area contributed by atoms with Gasteiger partial charge in [0.25, 0.3) is 5.69 Å². The second kappa shape index (κ2) is 10.1. The third-order valence-electron chi connectivity index (χ3n) is 6.47. The monoisotopic (exact) mass is 486 g/mol. The Balaban J connectivity index is 1.32. The van der Waals surface area contributed by atoms with Crippen LogP contribution in [0.3, 0.4) is 0 Å². The van der Waals surface area contributed by atoms with Gasteiger partial charge in [0.15, 0.2) is 0 Å². The van der Waals surface area contributed by atoms with Crippen LogP contribution in [-0.4, -0.2) is 19.3 Å². The molecule has 0 bridgehead atoms. The van der Waals surface area contributed by atoms with Gasteiger partial charge >= 0.3 is 0 Å². The SMILES string of the molecule is [C-]#[N+]c1c(-c2ccc(Oc3cc(F)cc(OCc4cncn4C)c3)cc2)nn(C2CCCCC2)c1N. The number of halogens is 1. The van der Waals surface area contributed by atoms with Crippen molar-refractivity contribution >= 4 is 11.5 Å². The summed E-state index contributed by atoms with van der Waals surface area (Å²) >= 11 is 0. The molecule has 5 rings (SSSR count). The van der Waals surface area contributed by atoms with Crippen molar-refractivity contribution in [2.24, 2.45) is 7.05 Å². The number of hydrogen-bond donors (Lipinski definition) is 1. The number of imidazole rings is 1. The minimum atomic E-state index is -0.463. The molecule has 2 aromatic carbocycles. The molecule has 9 heteroatoms. The van der Waals surface area contributed by atoms with E-state index in [1.54, 1.807) is 30.7 Å². The van der Waals surface area contributed by atoms with Gasteiger partial charge in [-0.15, -0.1) is 0 Å². The van der Waals surface area contributed by atoms with E-state index in [4.69, 9.17) is 26.9 Å². The zero-order chi connectivity index (χ0) is 25.1. The third-order valence-corrected chi connectivity index (χ3v) is 6.47. The van der Waals surface area contributed by atoms with E-state index in [9.17, 15) is 4.39 Å². The first-order chi connectivity index (χ1) is 17.5. The smallest absolute Gasteiger partial charge is 0.254 e. The molecule has 0 amide bonds. The minimum absolute atomic E-state index is 0.234. The number of nitrogen functional groups attached to an aromatic ring is 1. The van der Waals surface area contributed by atoms with Crippen molar-refractivity contribution in [1.29, 1.82) is 0 Å². The maximum atomic E-state index is 14.2. The molecule has 0 spiro atoms. The molecule has 1 fully saturated rings. The van der Waals surface area contributed by atoms with Gasteiger partial charge in [0, 0.05) is 25.2 Å². The van der Waals surface area contributed by atoms with Gasteiger partial charge in [-0.1, -0.05) is 31.4 Å². The predicted molar refractivity (Wildman–Crippen MR) is 134 cm³/mol. The van der Waals surface area contributed by atoms with Crippen LogP contribution in [0.15, 0.2) is 55.0 Å². The lowest BCUT2D eigenvalue weighted by Gasteiger charge is -2.23. The van der Waals surface area contributed by atoms with Gasteiger partial charge in [0.1, 0.15) is 41.2 Å². The number of benzene rings is 2. The molecular weight excluding hydrogens is 459 g/mol. The molecule has 0 unspecified atom stereocenters. The molecule has 2 heterocycles. The third kappa shape index (κ3) is 4.89. The first kappa shape index (κ1) is 23.4. The Bertz CT molecular complexity index is 1400. The Kier molecular flexibility index (Phi) is 6.58. The molecule has 0 atom stereocenters. The maximum Gasteiger partial charge on any atom is 0.254 e. The highest BCUT2D eigenvalue weighted by atomic mass is 19.1. The van der Waals surface area contributed by atoms with Gasteiger partial charge in [0.05, 0.1) is 30.8 Å². The standard InChI is InChI=1S/C27H27FN6O2/c1-30-26-25(32-34(27(26)29)20-6-4-3-5-7-20)18-8-10-22(11-9-18)36-24-13-19(28)12-23(14-24)35-16-21-15-31-17-33(21)2/h8-15,17,20H,3-7,16,29H2,2H3. The first-order valence-electron chi connectivity index (χ1n) is 11.9. The lowest BCUT2D eigenvalue weighted by atomic mass is 9.96. The lowest BCUT2D eigenvalue weighted by molar-refractivity contribution is 0.294. The lowest BCUT2D eigenvalue weighted by Crippen LogP contribution is -2.16. The number of anilines is 1. The van der Waals surface area contributed by atoms with Crippen LogP contribution >= 0.6 is 0 Å². The predicted octanol–water partition coefficient (Wildman–Crippen LogP) is 6.43. The normalized spacial score (nSPS) is 13.9. The van der Waals surface area contributed by atoms with Crippen molar-refractivity contribution in [2.45, 2.75) is 44.8 Å². The highest BCUT2D eigenvalue weighted by Gasteiger charge is 2.24. The number of ether oxygens (including phenoxy) is 2. The maximum absolute atomic E-state index is 14.2. The molecule has 0 aliphatic heterocycles. The molecule has 36 heavy (non-hydrogen) atoms. The van der Waals surface area contributed by atoms with Crippen molar-refractivity contribution in [2.75, 3.05) is 5.73 Å². The van der Waals surface area contributed by atoms with Crippen molar-refractivity contribution in [3.63, 3.8) is 0 Å². The Morgan fingerprint density at radius 2 is 1.83 bits per heavy atom. The summed E-state index contributed by atoms with van der Waals surface area (Å²) in [5, 5.41) is 4.72. The summed E-state index contributed by atoms with van der Waals surface area (Å²) in [6.07, 6.45) is 8.95. The second-order valence-electron chi connectivity index (χ2n) is 8.96. The van der Waals surface area contributed by atoms with Crippen LogP contribution in [0.5, 0.6) is 17.2 Å². The number of nitrogens with two attached hydrogens (primary N) is 1. The zero-order valence-electron chi connectivity index (χ0n) is 20.0. The van der Waals surface area contributed by atoms with Crippen LogP contribution in [0.25, 0.3) is 16.1 Å². The molecule has 0 saturated heterocycles. The summed E-state index contributed by atoms with van der Waals surface area (Å²) < 4.78 is 29.5. The van der Waals surface area contributed by atoms with Crippen molar-refractivity contribution in [3.8, 4) is 28.5 Å². The van der Waals surface area contributed by atoms with Crippen LogP contribution in [0.2, 0.25) is 0 Å². The van der Waals surface area contributed by atoms with Gasteiger partial charge in [-0.3, -0.25) is 4.68 Å². The van der Waals surface area contributed by atoms with E-state index in [0.29, 0.717) is 34.4 Å². The quantitative estimate of drug-likeness (QED) is 0.304. The second-order valence-corrected chi connectivity index (χ2v) is 8.96. The van der Waals surface area contributed by atoms with Gasteiger partial charge in [0.2, 0.25) is 0 Å². The first-order valence-corrected chi connectivity index (χ1v) is 11.9. The summed E-state index contributed by atoms with van der Waals surface area (Å²) in [6.45, 7) is 7.90. The van der Waals surface area contributed by atoms with Gasteiger partial charge in [-0.25, -0.2) is 14.2 Å². The van der Waals surface area contributed by atoms with Gasteiger partial charge in [-0.2, -0.15) is 5.10 Å². The van der Waals surface area contributed by atoms with Crippen LogP contribution in [-0.2, 0) is 13.7 Å². The van der Waals surface area contributed by atoms with E-state index in [1.165, 1.54) is 18.6 Å². The summed E-state index contributed by atoms with van der Waals surface area (Å²) in [6, 6.07) is 11.7. The molecule has 2 aromatic heterocycles. The van der Waals surface area contributed by atoms with Crippen LogP contribution in [0.4, 0.5) is 15.9 Å². The fraction of sp³-hybridized carbons (Fsp3) is 0.296. The molecular formula is C27H27FN6O2. The number of hydrogen-bond acceptors (Lipinski definition) is 5. The zero-order valence-corrected chi connectivity index (χ0v) is 20.0. The molecule has 0 radical (unpaired) electrons. The number of aromatic nitrogens is 4. The van der Waals surface area contributed by atoms with Crippen molar-refractivity contribution < 1.29 is 13.9 Å². The Labute approximate surface area is 208 Å². The highest BCUT2D eigenvalue weighted by molar-refractivity contribution is 5.83. The topological polar surface area (TPSA) is 84.5 Å². The van der Waals surface area contributed by atoms with Crippen molar-refractivity contribution in [3.05, 3.63) is 77.9 Å². The fourth-order valence-corrected chi connectivity index (χ4v) is 4.52. The average molecular weight is 487 g/mol. The summed E-state index contributed by atoms with van der Waals surface area (Å²) in [5.41, 5.74) is 8.89. The largest absolute Gasteiger partial charge is 0.487 e. The van der Waals surface area contributed by atoms with E-state index in [1.807, 2.05) is 28.4 Å². The number of aryl methyl sites for hydroxylation is 1. The van der Waals surface area contributed by atoms with Crippen LogP contribution in [0, 0.1) is 12.4 Å². The Morgan fingerprint density at radius 3 is 2.53 bits per heavy atom. The van der Waals surface area contributed by atoms with Crippen LogP contribution in [0.1, 0.15) is 43.8 Å². The van der Waals surface area contributed by atoms with E-state index in [-0.39, 0.29) is 12.6 Å². The van der Waals surface area contributed by atoms with E-state index in [2.05, 4.69) is 9.83 Å². The molecule has 8 nitrogen and oxygen atoms in total.